The lowest BCUT2D eigenvalue weighted by molar-refractivity contribution is -0.389. The average molecular weight is 422 g/mol. The molecule has 0 aliphatic rings. The molecule has 3 N–H and O–H groups in total. The van der Waals surface area contributed by atoms with Crippen LogP contribution >= 0.6 is 0 Å². The lowest BCUT2D eigenvalue weighted by Gasteiger charge is -2.10. The molecule has 0 radical (unpaired) electrons. The molecule has 3 rings (SSSR count). The molecule has 0 unspecified atom stereocenters. The first-order chi connectivity index (χ1) is 14.9. The van der Waals surface area contributed by atoms with Crippen LogP contribution in [0.15, 0.2) is 60.8 Å². The molecule has 0 saturated heterocycles. The van der Waals surface area contributed by atoms with Crippen LogP contribution in [0.4, 0.5) is 22.0 Å². The number of nitrogens with one attached hydrogen (secondary N) is 3. The quantitative estimate of drug-likeness (QED) is 0.378. The molecule has 1 aromatic heterocycles. The van der Waals surface area contributed by atoms with Crippen molar-refractivity contribution in [1.29, 1.82) is 0 Å². The van der Waals surface area contributed by atoms with E-state index in [9.17, 15) is 19.7 Å². The van der Waals surface area contributed by atoms with E-state index in [1.807, 2.05) is 24.3 Å². The van der Waals surface area contributed by atoms with Crippen molar-refractivity contribution < 1.29 is 14.5 Å². The number of anilines is 2. The van der Waals surface area contributed by atoms with Crippen molar-refractivity contribution in [2.75, 3.05) is 10.6 Å². The Bertz CT molecular complexity index is 1080. The van der Waals surface area contributed by atoms with E-state index in [1.165, 1.54) is 6.20 Å². The number of aryl methyl sites for hydroxylation is 2. The van der Waals surface area contributed by atoms with Gasteiger partial charge in [0.05, 0.1) is 0 Å². The summed E-state index contributed by atoms with van der Waals surface area (Å²) < 4.78 is 1.58. The summed E-state index contributed by atoms with van der Waals surface area (Å²) in [4.78, 5) is 38.3. The Morgan fingerprint density at radius 2 is 1.77 bits per heavy atom. The lowest BCUT2D eigenvalue weighted by atomic mass is 10.2. The highest BCUT2D eigenvalue weighted by Gasteiger charge is 2.15. The third-order valence-corrected chi connectivity index (χ3v) is 4.44. The number of rotatable bonds is 8. The molecule has 0 saturated carbocycles. The summed E-state index contributed by atoms with van der Waals surface area (Å²) in [6, 6.07) is 15.9. The molecule has 160 valence electrons. The first-order valence-electron chi connectivity index (χ1n) is 9.57. The number of nitrogens with zero attached hydrogens (tertiary/aromatic N) is 3. The Hall–Kier alpha value is -4.21. The van der Waals surface area contributed by atoms with Crippen LogP contribution in [0.2, 0.25) is 0 Å². The molecule has 10 heteroatoms. The van der Waals surface area contributed by atoms with Gasteiger partial charge < -0.3 is 30.6 Å². The molecule has 1 heterocycles. The maximum atomic E-state index is 12.1. The highest BCUT2D eigenvalue weighted by molar-refractivity contribution is 5.99. The topological polar surface area (TPSA) is 131 Å². The van der Waals surface area contributed by atoms with E-state index in [0.29, 0.717) is 23.7 Å². The Balaban J connectivity index is 1.47. The summed E-state index contributed by atoms with van der Waals surface area (Å²) in [6.45, 7) is 2.23. The van der Waals surface area contributed by atoms with E-state index in [4.69, 9.17) is 0 Å². The van der Waals surface area contributed by atoms with E-state index >= 15 is 0 Å². The number of imidazole rings is 1. The van der Waals surface area contributed by atoms with E-state index in [-0.39, 0.29) is 30.7 Å². The van der Waals surface area contributed by atoms with Gasteiger partial charge in [-0.1, -0.05) is 30.3 Å². The third-order valence-electron chi connectivity index (χ3n) is 4.44. The third kappa shape index (κ3) is 6.39. The van der Waals surface area contributed by atoms with Crippen LogP contribution in [0.3, 0.4) is 0 Å². The zero-order valence-electron chi connectivity index (χ0n) is 16.9. The van der Waals surface area contributed by atoms with E-state index in [2.05, 4.69) is 20.9 Å². The summed E-state index contributed by atoms with van der Waals surface area (Å²) in [5, 5.41) is 19.1. The molecule has 3 amide bonds. The second-order valence-electron chi connectivity index (χ2n) is 6.77. The number of benzene rings is 2. The monoisotopic (exact) mass is 422 g/mol. The standard InChI is InChI=1S/C21H22N6O4/c1-15-23-19(27(30)31)14-26(15)11-10-20(28)22-13-16-6-5-9-18(12-16)25-21(29)24-17-7-3-2-4-8-17/h2-9,12,14H,10-11,13H2,1H3,(H,22,28)(H2,24,25,29). The average Bonchev–Trinajstić information content (AvgIpc) is 3.12. The van der Waals surface area contributed by atoms with Crippen molar-refractivity contribution in [3.05, 3.63) is 82.3 Å². The van der Waals surface area contributed by atoms with E-state index in [1.54, 1.807) is 41.8 Å². The van der Waals surface area contributed by atoms with Crippen LogP contribution in [-0.2, 0) is 17.9 Å². The highest BCUT2D eigenvalue weighted by Crippen LogP contribution is 2.13. The van der Waals surface area contributed by atoms with Crippen molar-refractivity contribution in [2.45, 2.75) is 26.4 Å². The van der Waals surface area contributed by atoms with Gasteiger partial charge in [0, 0.05) is 37.8 Å². The number of para-hydroxylation sites is 1. The molecule has 3 aromatic rings. The maximum Gasteiger partial charge on any atom is 0.381 e. The Labute approximate surface area is 178 Å². The molecular weight excluding hydrogens is 400 g/mol. The number of hydrogen-bond donors (Lipinski definition) is 3. The molecule has 10 nitrogen and oxygen atoms in total. The summed E-state index contributed by atoms with van der Waals surface area (Å²) in [5.74, 6) is 0.0431. The number of carbonyl (C=O) groups excluding carboxylic acids is 2. The van der Waals surface area contributed by atoms with Crippen molar-refractivity contribution in [3.8, 4) is 0 Å². The Morgan fingerprint density at radius 1 is 1.06 bits per heavy atom. The van der Waals surface area contributed by atoms with Crippen LogP contribution in [0.1, 0.15) is 17.8 Å². The smallest absolute Gasteiger partial charge is 0.358 e. The molecule has 2 aromatic carbocycles. The molecule has 0 fully saturated rings. The molecule has 0 atom stereocenters. The summed E-state index contributed by atoms with van der Waals surface area (Å²) in [5.41, 5.74) is 2.10. The predicted molar refractivity (Wildman–Crippen MR) is 116 cm³/mol. The van der Waals surface area contributed by atoms with Crippen LogP contribution < -0.4 is 16.0 Å². The molecule has 0 bridgehead atoms. The van der Waals surface area contributed by atoms with Gasteiger partial charge in [0.25, 0.3) is 0 Å². The Kier molecular flexibility index (Phi) is 6.94. The minimum Gasteiger partial charge on any atom is -0.358 e. The van der Waals surface area contributed by atoms with Gasteiger partial charge in [-0.15, -0.1) is 0 Å². The van der Waals surface area contributed by atoms with Gasteiger partial charge in [-0.05, 0) is 39.7 Å². The van der Waals surface area contributed by atoms with Gasteiger partial charge in [0.1, 0.15) is 6.20 Å². The normalized spacial score (nSPS) is 10.4. The second-order valence-corrected chi connectivity index (χ2v) is 6.77. The van der Waals surface area contributed by atoms with E-state index < -0.39 is 4.92 Å². The van der Waals surface area contributed by atoms with Crippen LogP contribution in [0, 0.1) is 17.0 Å². The van der Waals surface area contributed by atoms with Gasteiger partial charge in [0.2, 0.25) is 11.7 Å². The zero-order chi connectivity index (χ0) is 22.2. The minimum absolute atomic E-state index is 0.159. The number of nitro groups is 1. The number of amides is 3. The number of hydrogen-bond acceptors (Lipinski definition) is 5. The van der Waals surface area contributed by atoms with Gasteiger partial charge in [0.15, 0.2) is 0 Å². The fourth-order valence-electron chi connectivity index (χ4n) is 2.89. The van der Waals surface area contributed by atoms with E-state index in [0.717, 1.165) is 5.56 Å². The van der Waals surface area contributed by atoms with Gasteiger partial charge >= 0.3 is 11.8 Å². The first kappa shape index (κ1) is 21.5. The van der Waals surface area contributed by atoms with Crippen molar-refractivity contribution in [2.24, 2.45) is 0 Å². The number of urea groups is 1. The largest absolute Gasteiger partial charge is 0.381 e. The molecular formula is C21H22N6O4. The van der Waals surface area contributed by atoms with Gasteiger partial charge in [-0.25, -0.2) is 4.79 Å². The van der Waals surface area contributed by atoms with Crippen LogP contribution in [-0.4, -0.2) is 26.4 Å². The summed E-state index contributed by atoms with van der Waals surface area (Å²) in [7, 11) is 0. The van der Waals surface area contributed by atoms with Gasteiger partial charge in [-0.3, -0.25) is 4.79 Å². The number of aromatic nitrogens is 2. The van der Waals surface area contributed by atoms with Crippen molar-refractivity contribution in [1.82, 2.24) is 14.9 Å². The van der Waals surface area contributed by atoms with Crippen LogP contribution in [0.5, 0.6) is 0 Å². The van der Waals surface area contributed by atoms with Crippen molar-refractivity contribution in [3.63, 3.8) is 0 Å². The predicted octanol–water partition coefficient (Wildman–Crippen LogP) is 3.45. The Morgan fingerprint density at radius 3 is 2.48 bits per heavy atom. The second kappa shape index (κ2) is 10.0. The lowest BCUT2D eigenvalue weighted by Crippen LogP contribution is -2.24. The minimum atomic E-state index is -0.565. The maximum absolute atomic E-state index is 12.1. The molecule has 0 aliphatic heterocycles. The number of carbonyl (C=O) groups is 2. The zero-order valence-corrected chi connectivity index (χ0v) is 16.9. The molecule has 0 aliphatic carbocycles. The fourth-order valence-corrected chi connectivity index (χ4v) is 2.89. The first-order valence-corrected chi connectivity index (χ1v) is 9.57. The summed E-state index contributed by atoms with van der Waals surface area (Å²) >= 11 is 0. The SMILES string of the molecule is Cc1nc([N+](=O)[O-])cn1CCC(=O)NCc1cccc(NC(=O)Nc2ccccc2)c1. The molecule has 31 heavy (non-hydrogen) atoms. The van der Waals surface area contributed by atoms with Gasteiger partial charge in [-0.2, -0.15) is 0 Å². The summed E-state index contributed by atoms with van der Waals surface area (Å²) in [6.07, 6.45) is 1.48. The van der Waals surface area contributed by atoms with Crippen molar-refractivity contribution >= 4 is 29.1 Å². The fraction of sp³-hybridized carbons (Fsp3) is 0.190. The van der Waals surface area contributed by atoms with Crippen LogP contribution in [0.25, 0.3) is 0 Å². The highest BCUT2D eigenvalue weighted by atomic mass is 16.6. The molecule has 0 spiro atoms.